The lowest BCUT2D eigenvalue weighted by Gasteiger charge is -2.12. The summed E-state index contributed by atoms with van der Waals surface area (Å²) in [5.41, 5.74) is 4.12. The van der Waals surface area contributed by atoms with Crippen molar-refractivity contribution in [2.45, 2.75) is 40.5 Å². The minimum atomic E-state index is 0.570. The number of aryl methyl sites for hydroxylation is 4. The van der Waals surface area contributed by atoms with Gasteiger partial charge in [-0.15, -0.1) is 0 Å². The normalized spacial score (nSPS) is 11.1. The van der Waals surface area contributed by atoms with Crippen molar-refractivity contribution in [3.05, 3.63) is 46.3 Å². The third-order valence-electron chi connectivity index (χ3n) is 3.38. The van der Waals surface area contributed by atoms with E-state index in [-0.39, 0.29) is 0 Å². The van der Waals surface area contributed by atoms with E-state index in [1.54, 1.807) is 6.21 Å². The molecule has 5 nitrogen and oxygen atoms in total. The van der Waals surface area contributed by atoms with Gasteiger partial charge >= 0.3 is 0 Å². The SMILES string of the molecule is CCON=Cc1cc(C)c(OCCCc2cc(C)no2)c(C)c1. The summed E-state index contributed by atoms with van der Waals surface area (Å²) in [6.07, 6.45) is 3.44. The average molecular weight is 316 g/mol. The zero-order valence-electron chi connectivity index (χ0n) is 14.3. The summed E-state index contributed by atoms with van der Waals surface area (Å²) in [4.78, 5) is 4.99. The minimum Gasteiger partial charge on any atom is -0.493 e. The molecule has 5 heteroatoms. The van der Waals surface area contributed by atoms with Crippen LogP contribution in [-0.4, -0.2) is 24.6 Å². The fourth-order valence-electron chi connectivity index (χ4n) is 2.41. The molecule has 0 unspecified atom stereocenters. The van der Waals surface area contributed by atoms with E-state index in [1.807, 2.05) is 45.9 Å². The molecule has 0 spiro atoms. The first-order valence-corrected chi connectivity index (χ1v) is 7.91. The summed E-state index contributed by atoms with van der Waals surface area (Å²) in [5, 5.41) is 7.78. The van der Waals surface area contributed by atoms with E-state index in [1.165, 1.54) is 0 Å². The van der Waals surface area contributed by atoms with Gasteiger partial charge in [-0.3, -0.25) is 0 Å². The highest BCUT2D eigenvalue weighted by Crippen LogP contribution is 2.24. The van der Waals surface area contributed by atoms with Crippen LogP contribution < -0.4 is 4.74 Å². The van der Waals surface area contributed by atoms with Gasteiger partial charge in [-0.1, -0.05) is 10.3 Å². The van der Waals surface area contributed by atoms with Gasteiger partial charge in [0.05, 0.1) is 18.5 Å². The van der Waals surface area contributed by atoms with Crippen molar-refractivity contribution < 1.29 is 14.1 Å². The molecule has 1 aromatic carbocycles. The first-order valence-electron chi connectivity index (χ1n) is 7.91. The molecule has 1 heterocycles. The van der Waals surface area contributed by atoms with E-state index in [4.69, 9.17) is 14.1 Å². The van der Waals surface area contributed by atoms with Gasteiger partial charge in [-0.05, 0) is 62.9 Å². The second-order valence-corrected chi connectivity index (χ2v) is 5.52. The van der Waals surface area contributed by atoms with Crippen LogP contribution in [0.5, 0.6) is 5.75 Å². The van der Waals surface area contributed by atoms with Crippen molar-refractivity contribution in [1.82, 2.24) is 5.16 Å². The van der Waals surface area contributed by atoms with Gasteiger partial charge in [0.25, 0.3) is 0 Å². The number of oxime groups is 1. The van der Waals surface area contributed by atoms with Crippen LogP contribution in [0.1, 0.15) is 41.5 Å². The zero-order valence-corrected chi connectivity index (χ0v) is 14.3. The molecule has 0 aliphatic rings. The number of hydrogen-bond acceptors (Lipinski definition) is 5. The molecule has 1 aromatic heterocycles. The molecule has 124 valence electrons. The van der Waals surface area contributed by atoms with Crippen molar-refractivity contribution in [2.75, 3.05) is 13.2 Å². The van der Waals surface area contributed by atoms with Crippen molar-refractivity contribution >= 4 is 6.21 Å². The Morgan fingerprint density at radius 3 is 2.52 bits per heavy atom. The molecule has 0 saturated carbocycles. The maximum atomic E-state index is 5.94. The molecule has 0 amide bonds. The van der Waals surface area contributed by atoms with E-state index in [9.17, 15) is 0 Å². The molecule has 23 heavy (non-hydrogen) atoms. The maximum absolute atomic E-state index is 5.94. The van der Waals surface area contributed by atoms with Crippen molar-refractivity contribution in [2.24, 2.45) is 5.16 Å². The summed E-state index contributed by atoms with van der Waals surface area (Å²) in [6, 6.07) is 6.05. The molecule has 0 saturated heterocycles. The molecule has 2 aromatic rings. The van der Waals surface area contributed by atoms with Gasteiger partial charge in [0.15, 0.2) is 0 Å². The summed E-state index contributed by atoms with van der Waals surface area (Å²) < 4.78 is 11.1. The van der Waals surface area contributed by atoms with Crippen LogP contribution in [0, 0.1) is 20.8 Å². The van der Waals surface area contributed by atoms with E-state index in [0.29, 0.717) is 13.2 Å². The van der Waals surface area contributed by atoms with Gasteiger partial charge in [0.2, 0.25) is 0 Å². The molecule has 0 aliphatic heterocycles. The van der Waals surface area contributed by atoms with E-state index in [2.05, 4.69) is 10.3 Å². The third-order valence-corrected chi connectivity index (χ3v) is 3.38. The topological polar surface area (TPSA) is 56.9 Å². The van der Waals surface area contributed by atoms with Crippen LogP contribution >= 0.6 is 0 Å². The number of rotatable bonds is 8. The molecular formula is C18H24N2O3. The van der Waals surface area contributed by atoms with E-state index in [0.717, 1.165) is 46.7 Å². The lowest BCUT2D eigenvalue weighted by atomic mass is 10.1. The predicted molar refractivity (Wildman–Crippen MR) is 90.2 cm³/mol. The largest absolute Gasteiger partial charge is 0.493 e. The molecular weight excluding hydrogens is 292 g/mol. The van der Waals surface area contributed by atoms with Crippen LogP contribution in [0.15, 0.2) is 27.9 Å². The van der Waals surface area contributed by atoms with E-state index < -0.39 is 0 Å². The highest BCUT2D eigenvalue weighted by atomic mass is 16.6. The summed E-state index contributed by atoms with van der Waals surface area (Å²) >= 11 is 0. The summed E-state index contributed by atoms with van der Waals surface area (Å²) in [7, 11) is 0. The number of aromatic nitrogens is 1. The molecule has 0 radical (unpaired) electrons. The van der Waals surface area contributed by atoms with Crippen molar-refractivity contribution in [3.8, 4) is 5.75 Å². The Kier molecular flexibility index (Phi) is 6.20. The third kappa shape index (κ3) is 5.13. The second kappa shape index (κ2) is 8.36. The van der Waals surface area contributed by atoms with Gasteiger partial charge in [0, 0.05) is 12.5 Å². The highest BCUT2D eigenvalue weighted by molar-refractivity contribution is 5.80. The number of nitrogens with zero attached hydrogens (tertiary/aromatic N) is 2. The highest BCUT2D eigenvalue weighted by Gasteiger charge is 2.07. The Morgan fingerprint density at radius 2 is 1.91 bits per heavy atom. The molecule has 0 N–H and O–H groups in total. The second-order valence-electron chi connectivity index (χ2n) is 5.52. The summed E-state index contributed by atoms with van der Waals surface area (Å²) in [5.74, 6) is 1.84. The van der Waals surface area contributed by atoms with Gasteiger partial charge in [-0.2, -0.15) is 0 Å². The van der Waals surface area contributed by atoms with Gasteiger partial charge in [0.1, 0.15) is 18.1 Å². The smallest absolute Gasteiger partial charge is 0.137 e. The number of benzene rings is 1. The maximum Gasteiger partial charge on any atom is 0.137 e. The standard InChI is InChI=1S/C18H24N2O3/c1-5-22-19-12-16-9-13(2)18(14(3)10-16)21-8-6-7-17-11-15(4)20-23-17/h9-12H,5-8H2,1-4H3. The molecule has 0 fully saturated rings. The first kappa shape index (κ1) is 17.1. The predicted octanol–water partition coefficient (Wildman–Crippen LogP) is 3.98. The van der Waals surface area contributed by atoms with Crippen LogP contribution in [-0.2, 0) is 11.3 Å². The Labute approximate surface area is 137 Å². The fourth-order valence-corrected chi connectivity index (χ4v) is 2.41. The Bertz CT molecular complexity index is 639. The minimum absolute atomic E-state index is 0.570. The lowest BCUT2D eigenvalue weighted by Crippen LogP contribution is -2.03. The Hall–Kier alpha value is -2.30. The van der Waals surface area contributed by atoms with Crippen LogP contribution in [0.3, 0.4) is 0 Å². The quantitative estimate of drug-likeness (QED) is 0.420. The van der Waals surface area contributed by atoms with Crippen LogP contribution in [0.4, 0.5) is 0 Å². The van der Waals surface area contributed by atoms with Gasteiger partial charge in [-0.25, -0.2) is 0 Å². The lowest BCUT2D eigenvalue weighted by molar-refractivity contribution is 0.160. The monoisotopic (exact) mass is 316 g/mol. The summed E-state index contributed by atoms with van der Waals surface area (Å²) in [6.45, 7) is 9.13. The van der Waals surface area contributed by atoms with Crippen molar-refractivity contribution in [1.29, 1.82) is 0 Å². The Morgan fingerprint density at radius 1 is 1.17 bits per heavy atom. The van der Waals surface area contributed by atoms with Crippen LogP contribution in [0.25, 0.3) is 0 Å². The van der Waals surface area contributed by atoms with Crippen molar-refractivity contribution in [3.63, 3.8) is 0 Å². The molecule has 0 aliphatic carbocycles. The Balaban J connectivity index is 1.89. The zero-order chi connectivity index (χ0) is 16.7. The number of hydrogen-bond donors (Lipinski definition) is 0. The van der Waals surface area contributed by atoms with Gasteiger partial charge < -0.3 is 14.1 Å². The average Bonchev–Trinajstić information content (AvgIpc) is 2.91. The molecule has 2 rings (SSSR count). The molecule has 0 atom stereocenters. The van der Waals surface area contributed by atoms with Crippen LogP contribution in [0.2, 0.25) is 0 Å². The fraction of sp³-hybridized carbons (Fsp3) is 0.444. The number of ether oxygens (including phenoxy) is 1. The van der Waals surface area contributed by atoms with E-state index >= 15 is 0 Å². The molecule has 0 bridgehead atoms. The first-order chi connectivity index (χ1) is 11.1.